The SMILES string of the molecule is CN(CC1(c2ccc(Cl)c(Cl)c2)CCCCC1O)C(=O)OC(C)(C)C.CNCC1(c2ccc(Cl)c(Cl)c2)CCCCC1OC.COC1CCCCC1(CN(C)C(=O)OC(C)(C)C)c1ccc(Cl)c(Cl)c1.COC1CCCCC1(CN(C)C)c1ccc(Cl)c(Cl)c1. The number of carbonyl (C=O) groups is 2. The Balaban J connectivity index is 0.000000220. The number of hydrogen-bond acceptors (Lipinski definition) is 10. The molecule has 0 aliphatic heterocycles. The lowest BCUT2D eigenvalue weighted by atomic mass is 9.67. The number of nitrogens with one attached hydrogen (secondary N) is 1. The van der Waals surface area contributed by atoms with Gasteiger partial charge >= 0.3 is 12.2 Å². The average molecular weight is 1410 g/mol. The molecule has 0 heterocycles. The number of halogens is 8. The van der Waals surface area contributed by atoms with Crippen LogP contribution in [0, 0.1) is 0 Å². The van der Waals surface area contributed by atoms with Gasteiger partial charge in [-0.1, -0.05) is 168 Å². The zero-order valence-electron chi connectivity index (χ0n) is 55.6. The minimum Gasteiger partial charge on any atom is -0.444 e. The van der Waals surface area contributed by atoms with E-state index in [1.165, 1.54) is 36.8 Å². The molecule has 0 spiro atoms. The first-order valence-corrected chi connectivity index (χ1v) is 34.6. The van der Waals surface area contributed by atoms with Gasteiger partial charge in [0.15, 0.2) is 0 Å². The van der Waals surface area contributed by atoms with Crippen molar-refractivity contribution in [3.8, 4) is 0 Å². The Kier molecular flexibility index (Phi) is 30.4. The molecule has 8 atom stereocenters. The first-order valence-electron chi connectivity index (χ1n) is 31.5. The van der Waals surface area contributed by atoms with E-state index in [1.807, 2.05) is 104 Å². The minimum atomic E-state index is -0.571. The van der Waals surface area contributed by atoms with Gasteiger partial charge in [0.25, 0.3) is 0 Å². The fraction of sp³-hybridized carbons (Fsp3) is 0.629. The van der Waals surface area contributed by atoms with E-state index < -0.39 is 28.8 Å². The first-order chi connectivity index (χ1) is 42.3. The van der Waals surface area contributed by atoms with Gasteiger partial charge in [-0.2, -0.15) is 0 Å². The fourth-order valence-electron chi connectivity index (χ4n) is 14.1. The molecule has 4 aromatic carbocycles. The van der Waals surface area contributed by atoms with Crippen LogP contribution < -0.4 is 5.32 Å². The molecule has 0 saturated heterocycles. The molecule has 2 amide bonds. The lowest BCUT2D eigenvalue weighted by Gasteiger charge is -2.46. The number of nitrogens with zero attached hydrogens (tertiary/aromatic N) is 3. The summed E-state index contributed by atoms with van der Waals surface area (Å²) < 4.78 is 28.4. The van der Waals surface area contributed by atoms with E-state index >= 15 is 0 Å². The van der Waals surface area contributed by atoms with E-state index in [1.54, 1.807) is 50.2 Å². The predicted octanol–water partition coefficient (Wildman–Crippen LogP) is 19.1. The molecule has 4 saturated carbocycles. The lowest BCUT2D eigenvalue weighted by molar-refractivity contribution is -0.0201. The molecule has 4 aliphatic rings. The normalized spacial score (nSPS) is 25.3. The molecule has 8 rings (SSSR count). The van der Waals surface area contributed by atoms with E-state index in [4.69, 9.17) is 116 Å². The van der Waals surface area contributed by atoms with Crippen molar-refractivity contribution in [1.82, 2.24) is 20.0 Å². The van der Waals surface area contributed by atoms with Crippen LogP contribution in [0.2, 0.25) is 40.2 Å². The summed E-state index contributed by atoms with van der Waals surface area (Å²) in [5.41, 5.74) is 2.42. The van der Waals surface area contributed by atoms with Gasteiger partial charge in [-0.15, -0.1) is 0 Å². The summed E-state index contributed by atoms with van der Waals surface area (Å²) in [7, 11) is 15.0. The van der Waals surface area contributed by atoms with Gasteiger partial charge < -0.3 is 48.8 Å². The van der Waals surface area contributed by atoms with Gasteiger partial charge in [0, 0.05) is 83.3 Å². The number of methoxy groups -OCH3 is 3. The molecule has 0 radical (unpaired) electrons. The second kappa shape index (κ2) is 35.0. The predicted molar refractivity (Wildman–Crippen MR) is 375 cm³/mol. The maximum absolute atomic E-state index is 12.5. The van der Waals surface area contributed by atoms with Crippen LogP contribution in [-0.4, -0.2) is 150 Å². The van der Waals surface area contributed by atoms with Gasteiger partial charge in [-0.25, -0.2) is 9.59 Å². The number of likely N-dealkylation sites (N-methyl/N-ethyl adjacent to an activating group) is 4. The van der Waals surface area contributed by atoms with Crippen LogP contribution >= 0.6 is 92.8 Å². The van der Waals surface area contributed by atoms with Crippen LogP contribution in [-0.2, 0) is 45.3 Å². The molecule has 4 aliphatic carbocycles. The summed E-state index contributed by atoms with van der Waals surface area (Å²) in [4.78, 5) is 30.4. The number of aliphatic hydroxyl groups is 1. The van der Waals surface area contributed by atoms with Crippen LogP contribution in [0.3, 0.4) is 0 Å². The summed E-state index contributed by atoms with van der Waals surface area (Å²) in [6.45, 7) is 13.8. The van der Waals surface area contributed by atoms with Crippen LogP contribution in [0.1, 0.15) is 167 Å². The average Bonchev–Trinajstić information content (AvgIpc) is 0.841. The molecule has 8 unspecified atom stereocenters. The third kappa shape index (κ3) is 20.5. The van der Waals surface area contributed by atoms with E-state index in [-0.39, 0.29) is 40.7 Å². The van der Waals surface area contributed by atoms with E-state index in [2.05, 4.69) is 36.4 Å². The van der Waals surface area contributed by atoms with Crippen molar-refractivity contribution >= 4 is 105 Å². The van der Waals surface area contributed by atoms with E-state index in [0.717, 1.165) is 94.8 Å². The first kappa shape index (κ1) is 78.2. The molecule has 0 bridgehead atoms. The van der Waals surface area contributed by atoms with E-state index in [0.29, 0.717) is 59.7 Å². The maximum Gasteiger partial charge on any atom is 0.410 e. The Bertz CT molecular complexity index is 2940. The number of rotatable bonds is 15. The number of benzene rings is 4. The molecule has 2 N–H and O–H groups in total. The highest BCUT2D eigenvalue weighted by atomic mass is 35.5. The fourth-order valence-corrected chi connectivity index (χ4v) is 15.3. The van der Waals surface area contributed by atoms with E-state index in [9.17, 15) is 14.7 Å². The van der Waals surface area contributed by atoms with Crippen LogP contribution in [0.25, 0.3) is 0 Å². The molecule has 0 aromatic heterocycles. The Morgan fingerprint density at radius 3 is 1.06 bits per heavy atom. The zero-order valence-corrected chi connectivity index (χ0v) is 61.6. The number of aliphatic hydroxyl groups excluding tert-OH is 1. The molecular formula is C70H100Cl8N4O8. The minimum absolute atomic E-state index is 0.00150. The highest BCUT2D eigenvalue weighted by Gasteiger charge is 2.47. The highest BCUT2D eigenvalue weighted by molar-refractivity contribution is 6.43. The molecule has 4 fully saturated rings. The molecule has 4 aromatic rings. The van der Waals surface area contributed by atoms with Gasteiger partial charge in [0.1, 0.15) is 11.2 Å². The quantitative estimate of drug-likeness (QED) is 0.119. The Hall–Kier alpha value is -2.50. The smallest absolute Gasteiger partial charge is 0.410 e. The lowest BCUT2D eigenvalue weighted by Crippen LogP contribution is -2.52. The Morgan fingerprint density at radius 2 is 0.744 bits per heavy atom. The van der Waals surface area contributed by atoms with Gasteiger partial charge in [0.2, 0.25) is 0 Å². The maximum atomic E-state index is 12.5. The van der Waals surface area contributed by atoms with Crippen LogP contribution in [0.5, 0.6) is 0 Å². The Morgan fingerprint density at radius 1 is 0.456 bits per heavy atom. The van der Waals surface area contributed by atoms with Crippen molar-refractivity contribution in [2.45, 2.75) is 202 Å². The summed E-state index contributed by atoms with van der Waals surface area (Å²) in [5.74, 6) is 0. The molecule has 504 valence electrons. The third-order valence-corrected chi connectivity index (χ3v) is 21.2. The monoisotopic (exact) mass is 1400 g/mol. The largest absolute Gasteiger partial charge is 0.444 e. The van der Waals surface area contributed by atoms with Crippen LogP contribution in [0.15, 0.2) is 72.8 Å². The number of ether oxygens (including phenoxy) is 5. The number of hydrogen-bond donors (Lipinski definition) is 2. The third-order valence-electron chi connectivity index (χ3n) is 18.2. The summed E-state index contributed by atoms with van der Waals surface area (Å²) in [5, 5.41) is 18.6. The molecule has 90 heavy (non-hydrogen) atoms. The topological polar surface area (TPSA) is 122 Å². The van der Waals surface area contributed by atoms with Crippen molar-refractivity contribution < 1.29 is 38.4 Å². The van der Waals surface area contributed by atoms with Crippen molar-refractivity contribution in [3.05, 3.63) is 135 Å². The van der Waals surface area contributed by atoms with Gasteiger partial charge in [-0.05, 0) is 185 Å². The van der Waals surface area contributed by atoms with Crippen molar-refractivity contribution in [2.24, 2.45) is 0 Å². The van der Waals surface area contributed by atoms with Crippen molar-refractivity contribution in [2.75, 3.05) is 82.7 Å². The molecule has 12 nitrogen and oxygen atoms in total. The summed E-state index contributed by atoms with van der Waals surface area (Å²) >= 11 is 49.2. The second-order valence-electron chi connectivity index (χ2n) is 27.3. The Labute approximate surface area is 578 Å². The van der Waals surface area contributed by atoms with Crippen molar-refractivity contribution in [1.29, 1.82) is 0 Å². The molecular weight excluding hydrogens is 1310 g/mol. The standard InChI is InChI=1S/C20H29Cl2NO3.C19H27Cl2NO3.C16H23Cl2NO.C15H21Cl2NO/c1-19(2,3)26-18(24)23(4)13-20(11-7-6-8-17(20)25-5)14-9-10-15(21)16(22)12-14;1-18(2,3)25-17(24)22(4)12-19(10-6-5-7-16(19)23)13-8-9-14(20)15(21)11-13;1-19(2)11-16(9-5-4-6-15(16)20-3)12-7-8-13(17)14(18)10-12;1-18-10-15(8-4-3-5-14(15)19-2)11-6-7-12(16)13(17)9-11/h9-10,12,17H,6-8,11,13H2,1-5H3;8-9,11,16,23H,5-7,10,12H2,1-4H3;7-8,10,15H,4-6,9,11H2,1-3H3;6-7,9,14,18H,3-5,8,10H2,1-2H3. The highest BCUT2D eigenvalue weighted by Crippen LogP contribution is 2.47. The number of carbonyl (C=O) groups excluding carboxylic acids is 2. The van der Waals surface area contributed by atoms with Gasteiger partial charge in [0.05, 0.1) is 64.6 Å². The summed E-state index contributed by atoms with van der Waals surface area (Å²) in [6, 6.07) is 23.2. The van der Waals surface area contributed by atoms with Gasteiger partial charge in [-0.3, -0.25) is 0 Å². The summed E-state index contributed by atoms with van der Waals surface area (Å²) in [6.07, 6.45) is 16.0. The second-order valence-corrected chi connectivity index (χ2v) is 30.5. The van der Waals surface area contributed by atoms with Crippen molar-refractivity contribution in [3.63, 3.8) is 0 Å². The number of amides is 2. The zero-order chi connectivity index (χ0) is 67.0. The van der Waals surface area contributed by atoms with Crippen LogP contribution in [0.4, 0.5) is 9.59 Å². The molecule has 20 heteroatoms.